The molecule has 0 spiro atoms. The van der Waals surface area contributed by atoms with Crippen LogP contribution in [-0.4, -0.2) is 39.3 Å². The van der Waals surface area contributed by atoms with E-state index in [2.05, 4.69) is 76.5 Å². The molecule has 0 amide bonds. The summed E-state index contributed by atoms with van der Waals surface area (Å²) in [5, 5.41) is 17.9. The van der Waals surface area contributed by atoms with Gasteiger partial charge in [-0.15, -0.1) is 10.2 Å². The van der Waals surface area contributed by atoms with Crippen molar-refractivity contribution in [3.63, 3.8) is 0 Å². The molecular formula is C22H30N6S. The van der Waals surface area contributed by atoms with Crippen LogP contribution in [0.25, 0.3) is 10.8 Å². The van der Waals surface area contributed by atoms with Crippen LogP contribution in [0.1, 0.15) is 36.6 Å². The molecule has 2 N–H and O–H groups in total. The number of guanidine groups is 1. The zero-order valence-electron chi connectivity index (χ0n) is 17.6. The minimum atomic E-state index is 0.120. The fourth-order valence-corrected chi connectivity index (χ4v) is 3.66. The summed E-state index contributed by atoms with van der Waals surface area (Å²) in [5.74, 6) is 3.67. The van der Waals surface area contributed by atoms with Gasteiger partial charge in [-0.2, -0.15) is 11.8 Å². The third kappa shape index (κ3) is 5.50. The largest absolute Gasteiger partial charge is 0.356 e. The third-order valence-electron chi connectivity index (χ3n) is 5.02. The number of nitrogens with one attached hydrogen (secondary N) is 2. The SMILES string of the molecule is CSCCCNC(=NCc1nnc(C)n1C)NC(C)c1cccc2ccccc12. The van der Waals surface area contributed by atoms with Gasteiger partial charge in [-0.1, -0.05) is 42.5 Å². The first-order valence-electron chi connectivity index (χ1n) is 9.96. The maximum atomic E-state index is 4.78. The van der Waals surface area contributed by atoms with Crippen molar-refractivity contribution in [3.05, 3.63) is 59.7 Å². The van der Waals surface area contributed by atoms with Crippen LogP contribution in [-0.2, 0) is 13.6 Å². The van der Waals surface area contributed by atoms with E-state index in [1.807, 2.05) is 30.3 Å². The fraction of sp³-hybridized carbons (Fsp3) is 0.409. The van der Waals surface area contributed by atoms with Crippen molar-refractivity contribution in [2.45, 2.75) is 32.9 Å². The number of rotatable bonds is 8. The molecular weight excluding hydrogens is 380 g/mol. The van der Waals surface area contributed by atoms with Crippen LogP contribution >= 0.6 is 11.8 Å². The van der Waals surface area contributed by atoms with Gasteiger partial charge in [-0.3, -0.25) is 0 Å². The Kier molecular flexibility index (Phi) is 7.52. The van der Waals surface area contributed by atoms with Crippen LogP contribution in [0, 0.1) is 6.92 Å². The van der Waals surface area contributed by atoms with Crippen molar-refractivity contribution >= 4 is 28.5 Å². The average molecular weight is 411 g/mol. The van der Waals surface area contributed by atoms with E-state index in [4.69, 9.17) is 4.99 Å². The summed E-state index contributed by atoms with van der Waals surface area (Å²) in [5.41, 5.74) is 1.26. The minimum Gasteiger partial charge on any atom is -0.356 e. The Balaban J connectivity index is 1.77. The van der Waals surface area contributed by atoms with Gasteiger partial charge in [-0.25, -0.2) is 4.99 Å². The standard InChI is InChI=1S/C22H30N6S/c1-16(19-12-7-10-18-9-5-6-11-20(18)19)25-22(23-13-8-14-29-4)24-15-21-27-26-17(2)28(21)3/h5-7,9-12,16H,8,13-15H2,1-4H3,(H2,23,24,25). The molecule has 0 bridgehead atoms. The summed E-state index contributed by atoms with van der Waals surface area (Å²) >= 11 is 1.86. The number of aromatic nitrogens is 3. The Morgan fingerprint density at radius 1 is 1.17 bits per heavy atom. The second kappa shape index (κ2) is 10.3. The monoisotopic (exact) mass is 410 g/mol. The molecule has 0 saturated heterocycles. The van der Waals surface area contributed by atoms with E-state index in [1.54, 1.807) is 0 Å². The minimum absolute atomic E-state index is 0.120. The quantitative estimate of drug-likeness (QED) is 0.336. The highest BCUT2D eigenvalue weighted by Gasteiger charge is 2.12. The lowest BCUT2D eigenvalue weighted by Gasteiger charge is -2.20. The van der Waals surface area contributed by atoms with Gasteiger partial charge < -0.3 is 15.2 Å². The van der Waals surface area contributed by atoms with Gasteiger partial charge in [0.1, 0.15) is 12.4 Å². The van der Waals surface area contributed by atoms with Gasteiger partial charge >= 0.3 is 0 Å². The van der Waals surface area contributed by atoms with Crippen molar-refractivity contribution in [1.82, 2.24) is 25.4 Å². The Bertz CT molecular complexity index is 960. The summed E-state index contributed by atoms with van der Waals surface area (Å²) < 4.78 is 1.98. The summed E-state index contributed by atoms with van der Waals surface area (Å²) in [6.07, 6.45) is 3.22. The molecule has 3 rings (SSSR count). The predicted molar refractivity (Wildman–Crippen MR) is 123 cm³/mol. The van der Waals surface area contributed by atoms with Gasteiger partial charge in [-0.05, 0) is 48.6 Å². The summed E-state index contributed by atoms with van der Waals surface area (Å²) in [6, 6.07) is 15.0. The zero-order chi connectivity index (χ0) is 20.6. The van der Waals surface area contributed by atoms with Crippen molar-refractivity contribution in [1.29, 1.82) is 0 Å². The van der Waals surface area contributed by atoms with Crippen LogP contribution in [0.3, 0.4) is 0 Å². The number of thioether (sulfide) groups is 1. The van der Waals surface area contributed by atoms with E-state index in [0.29, 0.717) is 6.54 Å². The molecule has 7 heteroatoms. The number of nitrogens with zero attached hydrogens (tertiary/aromatic N) is 4. The topological polar surface area (TPSA) is 67.1 Å². The normalized spacial score (nSPS) is 12.9. The van der Waals surface area contributed by atoms with Crippen LogP contribution < -0.4 is 10.6 Å². The van der Waals surface area contributed by atoms with Crippen LogP contribution in [0.2, 0.25) is 0 Å². The Hall–Kier alpha value is -2.54. The number of hydrogen-bond acceptors (Lipinski definition) is 4. The maximum absolute atomic E-state index is 4.78. The Labute approximate surface area is 177 Å². The Morgan fingerprint density at radius 3 is 2.72 bits per heavy atom. The van der Waals surface area contributed by atoms with E-state index < -0.39 is 0 Å². The first-order valence-corrected chi connectivity index (χ1v) is 11.4. The van der Waals surface area contributed by atoms with E-state index in [9.17, 15) is 0 Å². The number of benzene rings is 2. The van der Waals surface area contributed by atoms with Gasteiger partial charge in [0, 0.05) is 13.6 Å². The molecule has 1 aromatic heterocycles. The van der Waals surface area contributed by atoms with Crippen molar-refractivity contribution < 1.29 is 0 Å². The number of fused-ring (bicyclic) bond motifs is 1. The highest BCUT2D eigenvalue weighted by Crippen LogP contribution is 2.24. The number of aryl methyl sites for hydroxylation is 1. The molecule has 1 atom stereocenters. The van der Waals surface area contributed by atoms with Gasteiger partial charge in [0.2, 0.25) is 0 Å². The summed E-state index contributed by atoms with van der Waals surface area (Å²) in [4.78, 5) is 4.78. The van der Waals surface area contributed by atoms with E-state index >= 15 is 0 Å². The van der Waals surface area contributed by atoms with E-state index in [-0.39, 0.29) is 6.04 Å². The molecule has 0 radical (unpaired) electrons. The number of hydrogen-bond donors (Lipinski definition) is 2. The molecule has 1 unspecified atom stereocenters. The molecule has 29 heavy (non-hydrogen) atoms. The van der Waals surface area contributed by atoms with Crippen LogP contribution in [0.5, 0.6) is 0 Å². The lowest BCUT2D eigenvalue weighted by molar-refractivity contribution is 0.677. The molecule has 0 aliphatic rings. The summed E-state index contributed by atoms with van der Waals surface area (Å²) in [6.45, 7) is 5.49. The lowest BCUT2D eigenvalue weighted by Crippen LogP contribution is -2.39. The van der Waals surface area contributed by atoms with Gasteiger partial charge in [0.15, 0.2) is 11.8 Å². The first-order chi connectivity index (χ1) is 14.1. The van der Waals surface area contributed by atoms with Crippen LogP contribution in [0.4, 0.5) is 0 Å². The highest BCUT2D eigenvalue weighted by molar-refractivity contribution is 7.98. The smallest absolute Gasteiger partial charge is 0.192 e. The van der Waals surface area contributed by atoms with Crippen molar-refractivity contribution in [2.24, 2.45) is 12.0 Å². The lowest BCUT2D eigenvalue weighted by atomic mass is 10.00. The second-order valence-electron chi connectivity index (χ2n) is 7.09. The fourth-order valence-electron chi connectivity index (χ4n) is 3.23. The second-order valence-corrected chi connectivity index (χ2v) is 8.08. The van der Waals surface area contributed by atoms with Gasteiger partial charge in [0.25, 0.3) is 0 Å². The molecule has 0 aliphatic heterocycles. The van der Waals surface area contributed by atoms with E-state index in [0.717, 1.165) is 36.3 Å². The molecule has 2 aromatic carbocycles. The van der Waals surface area contributed by atoms with Crippen molar-refractivity contribution in [2.75, 3.05) is 18.6 Å². The zero-order valence-corrected chi connectivity index (χ0v) is 18.5. The number of aliphatic imine (C=N–C) groups is 1. The Morgan fingerprint density at radius 2 is 1.97 bits per heavy atom. The average Bonchev–Trinajstić information content (AvgIpc) is 3.06. The molecule has 0 fully saturated rings. The molecule has 3 aromatic rings. The molecule has 0 aliphatic carbocycles. The predicted octanol–water partition coefficient (Wildman–Crippen LogP) is 3.83. The van der Waals surface area contributed by atoms with Gasteiger partial charge in [0.05, 0.1) is 6.04 Å². The maximum Gasteiger partial charge on any atom is 0.192 e. The first kappa shape index (κ1) is 21.2. The third-order valence-corrected chi connectivity index (χ3v) is 5.72. The molecule has 154 valence electrons. The summed E-state index contributed by atoms with van der Waals surface area (Å²) in [7, 11) is 1.97. The van der Waals surface area contributed by atoms with Crippen molar-refractivity contribution in [3.8, 4) is 0 Å². The molecule has 6 nitrogen and oxygen atoms in total. The molecule has 0 saturated carbocycles. The highest BCUT2D eigenvalue weighted by atomic mass is 32.2. The van der Waals surface area contributed by atoms with E-state index in [1.165, 1.54) is 16.3 Å². The molecule has 1 heterocycles. The van der Waals surface area contributed by atoms with Crippen LogP contribution in [0.15, 0.2) is 47.5 Å².